The maximum atomic E-state index is 13.0. The summed E-state index contributed by atoms with van der Waals surface area (Å²) >= 11 is 6.15. The molecule has 1 aliphatic rings. The second-order valence-corrected chi connectivity index (χ2v) is 7.99. The average Bonchev–Trinajstić information content (AvgIpc) is 2.64. The largest absolute Gasteiger partial charge is 0.493 e. The highest BCUT2D eigenvalue weighted by molar-refractivity contribution is 6.31. The van der Waals surface area contributed by atoms with Crippen molar-refractivity contribution in [1.82, 2.24) is 4.90 Å². The van der Waals surface area contributed by atoms with Crippen molar-refractivity contribution in [3.05, 3.63) is 64.2 Å². The highest BCUT2D eigenvalue weighted by atomic mass is 35.5. The number of aryl methyl sites for hydroxylation is 1. The van der Waals surface area contributed by atoms with Crippen LogP contribution in [0.15, 0.2) is 42.5 Å². The Morgan fingerprint density at radius 2 is 2.00 bits per heavy atom. The van der Waals surface area contributed by atoms with Gasteiger partial charge in [-0.25, -0.2) is 0 Å². The van der Waals surface area contributed by atoms with Crippen molar-refractivity contribution in [2.24, 2.45) is 5.92 Å². The molecular weight excluding hydrogens is 419 g/mol. The van der Waals surface area contributed by atoms with E-state index in [-0.39, 0.29) is 18.4 Å². The smallest absolute Gasteiger partial charge is 0.416 e. The van der Waals surface area contributed by atoms with Gasteiger partial charge in [0.25, 0.3) is 0 Å². The summed E-state index contributed by atoms with van der Waals surface area (Å²) in [7, 11) is 0. The van der Waals surface area contributed by atoms with Crippen LogP contribution in [0.4, 0.5) is 13.2 Å². The third kappa shape index (κ3) is 5.67. The lowest BCUT2D eigenvalue weighted by molar-refractivity contribution is -0.138. The van der Waals surface area contributed by atoms with E-state index in [1.165, 1.54) is 6.07 Å². The number of likely N-dealkylation sites (tertiary alicyclic amines) is 1. The fourth-order valence-corrected chi connectivity index (χ4v) is 3.80. The standard InChI is InChI=1S/C22H23ClF3NO3/c1-14(19-10-17(22(24,25)26)6-7-20(19)23)27-11-16(12-27)13-30-18-4-2-3-15(9-18)5-8-21(28)29/h2-4,6-7,9-10,14,16H,5,8,11-13H2,1H3,(H,28,29). The maximum absolute atomic E-state index is 13.0. The number of alkyl halides is 3. The zero-order valence-corrected chi connectivity index (χ0v) is 17.2. The number of carboxylic acids is 1. The van der Waals surface area contributed by atoms with E-state index >= 15 is 0 Å². The second-order valence-electron chi connectivity index (χ2n) is 7.58. The Bertz CT molecular complexity index is 897. The number of ether oxygens (including phenoxy) is 1. The molecule has 8 heteroatoms. The normalized spacial score (nSPS) is 16.2. The van der Waals surface area contributed by atoms with Crippen LogP contribution in [0, 0.1) is 5.92 Å². The number of carbonyl (C=O) groups is 1. The first-order valence-electron chi connectivity index (χ1n) is 9.67. The predicted octanol–water partition coefficient (Wildman–Crippen LogP) is 5.45. The summed E-state index contributed by atoms with van der Waals surface area (Å²) in [5.41, 5.74) is 0.673. The molecule has 0 aliphatic carbocycles. The van der Waals surface area contributed by atoms with E-state index in [1.54, 1.807) is 0 Å². The summed E-state index contributed by atoms with van der Waals surface area (Å²) in [6.07, 6.45) is -3.89. The van der Waals surface area contributed by atoms with Crippen molar-refractivity contribution >= 4 is 17.6 Å². The number of hydrogen-bond donors (Lipinski definition) is 1. The van der Waals surface area contributed by atoms with Gasteiger partial charge in [0.2, 0.25) is 0 Å². The highest BCUT2D eigenvalue weighted by Crippen LogP contribution is 2.37. The number of hydrogen-bond acceptors (Lipinski definition) is 3. The first-order valence-corrected chi connectivity index (χ1v) is 10.1. The summed E-state index contributed by atoms with van der Waals surface area (Å²) < 4.78 is 44.8. The molecule has 1 saturated heterocycles. The number of halogens is 4. The summed E-state index contributed by atoms with van der Waals surface area (Å²) in [5.74, 6) is 0.107. The third-order valence-corrected chi connectivity index (χ3v) is 5.66. The molecule has 1 fully saturated rings. The Labute approximate surface area is 178 Å². The van der Waals surface area contributed by atoms with E-state index in [2.05, 4.69) is 4.90 Å². The molecule has 1 N–H and O–H groups in total. The van der Waals surface area contributed by atoms with Crippen LogP contribution in [-0.4, -0.2) is 35.7 Å². The molecule has 30 heavy (non-hydrogen) atoms. The van der Waals surface area contributed by atoms with Gasteiger partial charge < -0.3 is 9.84 Å². The summed E-state index contributed by atoms with van der Waals surface area (Å²) in [4.78, 5) is 12.8. The molecule has 1 unspecified atom stereocenters. The molecule has 3 rings (SSSR count). The van der Waals surface area contributed by atoms with Crippen LogP contribution in [0.3, 0.4) is 0 Å². The zero-order chi connectivity index (χ0) is 21.9. The number of carboxylic acid groups (broad SMARTS) is 1. The fourth-order valence-electron chi connectivity index (χ4n) is 3.52. The van der Waals surface area contributed by atoms with Crippen LogP contribution in [0.5, 0.6) is 5.75 Å². The van der Waals surface area contributed by atoms with E-state index in [9.17, 15) is 18.0 Å². The number of nitrogens with zero attached hydrogens (tertiary/aromatic N) is 1. The molecule has 2 aromatic carbocycles. The van der Waals surface area contributed by atoms with E-state index in [1.807, 2.05) is 31.2 Å². The molecule has 1 heterocycles. The van der Waals surface area contributed by atoms with Crippen LogP contribution < -0.4 is 4.74 Å². The molecule has 0 aromatic heterocycles. The minimum absolute atomic E-state index is 0.0665. The van der Waals surface area contributed by atoms with Gasteiger partial charge in [0.05, 0.1) is 12.2 Å². The quantitative estimate of drug-likeness (QED) is 0.592. The minimum atomic E-state index is -4.40. The molecule has 0 bridgehead atoms. The predicted molar refractivity (Wildman–Crippen MR) is 108 cm³/mol. The maximum Gasteiger partial charge on any atom is 0.416 e. The van der Waals surface area contributed by atoms with Crippen LogP contribution in [-0.2, 0) is 17.4 Å². The minimum Gasteiger partial charge on any atom is -0.493 e. The first kappa shape index (κ1) is 22.4. The second kappa shape index (κ2) is 9.27. The fraction of sp³-hybridized carbons (Fsp3) is 0.409. The average molecular weight is 442 g/mol. The van der Waals surface area contributed by atoms with Crippen molar-refractivity contribution in [3.8, 4) is 5.75 Å². The van der Waals surface area contributed by atoms with Gasteiger partial charge in [-0.1, -0.05) is 23.7 Å². The Morgan fingerprint density at radius 1 is 1.27 bits per heavy atom. The molecule has 0 amide bonds. The molecule has 2 aromatic rings. The van der Waals surface area contributed by atoms with Gasteiger partial charge in [-0.15, -0.1) is 0 Å². The highest BCUT2D eigenvalue weighted by Gasteiger charge is 2.35. The van der Waals surface area contributed by atoms with Gasteiger partial charge >= 0.3 is 12.1 Å². The van der Waals surface area contributed by atoms with Crippen LogP contribution >= 0.6 is 11.6 Å². The number of rotatable bonds is 8. The zero-order valence-electron chi connectivity index (χ0n) is 16.5. The van der Waals surface area contributed by atoms with Gasteiger partial charge in [-0.2, -0.15) is 13.2 Å². The molecule has 1 atom stereocenters. The molecule has 0 saturated carbocycles. The summed E-state index contributed by atoms with van der Waals surface area (Å²) in [5, 5.41) is 9.11. The Kier molecular flexibility index (Phi) is 6.93. The lowest BCUT2D eigenvalue weighted by Crippen LogP contribution is -2.50. The van der Waals surface area contributed by atoms with Gasteiger partial charge in [0.15, 0.2) is 0 Å². The van der Waals surface area contributed by atoms with Crippen molar-refractivity contribution < 1.29 is 27.8 Å². The van der Waals surface area contributed by atoms with Crippen LogP contribution in [0.1, 0.15) is 36.1 Å². The molecule has 0 spiro atoms. The Morgan fingerprint density at radius 3 is 2.67 bits per heavy atom. The number of benzene rings is 2. The van der Waals surface area contributed by atoms with E-state index < -0.39 is 17.7 Å². The first-order chi connectivity index (χ1) is 14.1. The van der Waals surface area contributed by atoms with Gasteiger partial charge in [-0.05, 0) is 54.8 Å². The molecule has 1 aliphatic heterocycles. The van der Waals surface area contributed by atoms with E-state index in [0.29, 0.717) is 42.5 Å². The van der Waals surface area contributed by atoms with Crippen LogP contribution in [0.25, 0.3) is 0 Å². The summed E-state index contributed by atoms with van der Waals surface area (Å²) in [6.45, 7) is 3.74. The third-order valence-electron chi connectivity index (χ3n) is 5.32. The van der Waals surface area contributed by atoms with Crippen molar-refractivity contribution in [1.29, 1.82) is 0 Å². The molecular formula is C22H23ClF3NO3. The van der Waals surface area contributed by atoms with Crippen molar-refractivity contribution in [2.75, 3.05) is 19.7 Å². The summed E-state index contributed by atoms with van der Waals surface area (Å²) in [6, 6.07) is 10.5. The SMILES string of the molecule is CC(c1cc(C(F)(F)F)ccc1Cl)N1CC(COc2cccc(CCC(=O)O)c2)C1. The van der Waals surface area contributed by atoms with Crippen molar-refractivity contribution in [3.63, 3.8) is 0 Å². The lowest BCUT2D eigenvalue weighted by atomic mass is 9.95. The Balaban J connectivity index is 1.52. The van der Waals surface area contributed by atoms with Gasteiger partial charge in [-0.3, -0.25) is 9.69 Å². The van der Waals surface area contributed by atoms with E-state index in [4.69, 9.17) is 21.4 Å². The molecule has 4 nitrogen and oxygen atoms in total. The van der Waals surface area contributed by atoms with Crippen molar-refractivity contribution in [2.45, 2.75) is 32.0 Å². The Hall–Kier alpha value is -2.25. The molecule has 162 valence electrons. The lowest BCUT2D eigenvalue weighted by Gasteiger charge is -2.43. The van der Waals surface area contributed by atoms with Gasteiger partial charge in [0, 0.05) is 36.5 Å². The topological polar surface area (TPSA) is 49.8 Å². The van der Waals surface area contributed by atoms with E-state index in [0.717, 1.165) is 17.7 Å². The molecule has 0 radical (unpaired) electrons. The monoisotopic (exact) mass is 441 g/mol. The van der Waals surface area contributed by atoms with Gasteiger partial charge in [0.1, 0.15) is 5.75 Å². The number of aliphatic carboxylic acids is 1. The van der Waals surface area contributed by atoms with Crippen LogP contribution in [0.2, 0.25) is 5.02 Å².